The number of nitrogens with one attached hydrogen (secondary N) is 1. The molecule has 17 heavy (non-hydrogen) atoms. The molecule has 0 aliphatic carbocycles. The molecule has 0 aliphatic heterocycles. The molecule has 90 valence electrons. The number of aromatic nitrogens is 2. The van der Waals surface area contributed by atoms with Crippen molar-refractivity contribution in [3.8, 4) is 0 Å². The molecule has 1 atom stereocenters. The minimum Gasteiger partial charge on any atom is -0.310 e. The molecule has 4 heteroatoms. The van der Waals surface area contributed by atoms with Gasteiger partial charge in [0.15, 0.2) is 0 Å². The quantitative estimate of drug-likeness (QED) is 0.883. The minimum absolute atomic E-state index is 0.350. The van der Waals surface area contributed by atoms with E-state index in [0.717, 1.165) is 13.0 Å². The van der Waals surface area contributed by atoms with Crippen LogP contribution in [-0.4, -0.2) is 16.5 Å². The average molecular weight is 247 g/mol. The molecule has 1 N–H and O–H groups in total. The van der Waals surface area contributed by atoms with Crippen LogP contribution in [0.3, 0.4) is 0 Å². The molecule has 0 amide bonds. The molecular formula is C13H17N3S. The lowest BCUT2D eigenvalue weighted by molar-refractivity contribution is 0.550. The van der Waals surface area contributed by atoms with Crippen molar-refractivity contribution in [1.82, 2.24) is 15.3 Å². The molecule has 2 heterocycles. The molecule has 3 nitrogen and oxygen atoms in total. The Morgan fingerprint density at radius 2 is 2.24 bits per heavy atom. The van der Waals surface area contributed by atoms with Crippen LogP contribution in [0.4, 0.5) is 0 Å². The summed E-state index contributed by atoms with van der Waals surface area (Å²) in [4.78, 5) is 9.59. The van der Waals surface area contributed by atoms with Gasteiger partial charge in [0.2, 0.25) is 0 Å². The monoisotopic (exact) mass is 247 g/mol. The van der Waals surface area contributed by atoms with Crippen LogP contribution in [0, 0.1) is 6.92 Å². The van der Waals surface area contributed by atoms with Gasteiger partial charge in [0.1, 0.15) is 0 Å². The molecule has 0 saturated heterocycles. The van der Waals surface area contributed by atoms with Crippen molar-refractivity contribution in [3.05, 3.63) is 46.2 Å². The number of thiazole rings is 1. The Bertz CT molecular complexity index is 453. The van der Waals surface area contributed by atoms with E-state index in [2.05, 4.69) is 35.2 Å². The predicted molar refractivity (Wildman–Crippen MR) is 71.2 cm³/mol. The first-order valence-electron chi connectivity index (χ1n) is 5.82. The van der Waals surface area contributed by atoms with Crippen molar-refractivity contribution in [3.63, 3.8) is 0 Å². The Balaban J connectivity index is 2.20. The maximum Gasteiger partial charge on any atom is 0.0794 e. The van der Waals surface area contributed by atoms with E-state index in [1.54, 1.807) is 11.3 Å². The van der Waals surface area contributed by atoms with Crippen LogP contribution >= 0.6 is 11.3 Å². The average Bonchev–Trinajstić information content (AvgIpc) is 2.82. The standard InChI is InChI=1S/C13H17N3S/c1-3-16-13(6-11-8-15-9-17-11)12-4-5-14-7-10(12)2/h4-5,7-9,13,16H,3,6H2,1-2H3. The Hall–Kier alpha value is -1.26. The summed E-state index contributed by atoms with van der Waals surface area (Å²) in [6.07, 6.45) is 6.72. The normalized spacial score (nSPS) is 12.6. The number of aryl methyl sites for hydroxylation is 1. The third-order valence-electron chi connectivity index (χ3n) is 2.78. The molecule has 2 aromatic heterocycles. The first kappa shape index (κ1) is 12.2. The van der Waals surface area contributed by atoms with E-state index in [1.165, 1.54) is 16.0 Å². The van der Waals surface area contributed by atoms with E-state index < -0.39 is 0 Å². The largest absolute Gasteiger partial charge is 0.310 e. The lowest BCUT2D eigenvalue weighted by Crippen LogP contribution is -2.23. The van der Waals surface area contributed by atoms with Crippen LogP contribution in [0.2, 0.25) is 0 Å². The summed E-state index contributed by atoms with van der Waals surface area (Å²) >= 11 is 1.71. The third-order valence-corrected chi connectivity index (χ3v) is 3.58. The van der Waals surface area contributed by atoms with Crippen LogP contribution < -0.4 is 5.32 Å². The topological polar surface area (TPSA) is 37.8 Å². The van der Waals surface area contributed by atoms with Crippen molar-refractivity contribution in [2.75, 3.05) is 6.54 Å². The van der Waals surface area contributed by atoms with Gasteiger partial charge in [-0.1, -0.05) is 6.92 Å². The molecule has 0 spiro atoms. The van der Waals surface area contributed by atoms with E-state index in [0.29, 0.717) is 6.04 Å². The zero-order valence-electron chi connectivity index (χ0n) is 10.2. The molecule has 0 radical (unpaired) electrons. The summed E-state index contributed by atoms with van der Waals surface area (Å²) in [5, 5.41) is 3.53. The van der Waals surface area contributed by atoms with Gasteiger partial charge in [0, 0.05) is 35.9 Å². The Kier molecular flexibility index (Phi) is 4.23. The van der Waals surface area contributed by atoms with Gasteiger partial charge in [-0.05, 0) is 30.7 Å². The van der Waals surface area contributed by atoms with Crippen molar-refractivity contribution in [2.45, 2.75) is 26.3 Å². The maximum absolute atomic E-state index is 4.15. The van der Waals surface area contributed by atoms with Gasteiger partial charge in [-0.3, -0.25) is 9.97 Å². The van der Waals surface area contributed by atoms with Crippen LogP contribution in [0.15, 0.2) is 30.2 Å². The molecule has 0 aliphatic rings. The molecule has 2 aromatic rings. The van der Waals surface area contributed by atoms with Crippen LogP contribution in [-0.2, 0) is 6.42 Å². The van der Waals surface area contributed by atoms with E-state index in [9.17, 15) is 0 Å². The zero-order chi connectivity index (χ0) is 12.1. The van der Waals surface area contributed by atoms with E-state index >= 15 is 0 Å². The number of likely N-dealkylation sites (N-methyl/N-ethyl adjacent to an activating group) is 1. The molecular weight excluding hydrogens is 230 g/mol. The summed E-state index contributed by atoms with van der Waals surface area (Å²) < 4.78 is 0. The Morgan fingerprint density at radius 1 is 1.35 bits per heavy atom. The fraction of sp³-hybridized carbons (Fsp3) is 0.385. The highest BCUT2D eigenvalue weighted by atomic mass is 32.1. The van der Waals surface area contributed by atoms with Crippen LogP contribution in [0.25, 0.3) is 0 Å². The lowest BCUT2D eigenvalue weighted by atomic mass is 10.0. The number of nitrogens with zero attached hydrogens (tertiary/aromatic N) is 2. The van der Waals surface area contributed by atoms with Gasteiger partial charge in [0.05, 0.1) is 5.51 Å². The fourth-order valence-corrected chi connectivity index (χ4v) is 2.60. The van der Waals surface area contributed by atoms with Gasteiger partial charge < -0.3 is 5.32 Å². The van der Waals surface area contributed by atoms with Crippen molar-refractivity contribution in [2.24, 2.45) is 0 Å². The number of rotatable bonds is 5. The van der Waals surface area contributed by atoms with E-state index in [4.69, 9.17) is 0 Å². The van der Waals surface area contributed by atoms with Gasteiger partial charge in [-0.2, -0.15) is 0 Å². The predicted octanol–water partition coefficient (Wildman–Crippen LogP) is 2.74. The summed E-state index contributed by atoms with van der Waals surface area (Å²) in [5.74, 6) is 0. The third kappa shape index (κ3) is 3.11. The van der Waals surface area contributed by atoms with Crippen LogP contribution in [0.1, 0.15) is 29.0 Å². The number of hydrogen-bond donors (Lipinski definition) is 1. The van der Waals surface area contributed by atoms with E-state index in [-0.39, 0.29) is 0 Å². The fourth-order valence-electron chi connectivity index (χ4n) is 1.96. The molecule has 1 unspecified atom stereocenters. The second-order valence-electron chi connectivity index (χ2n) is 4.01. The van der Waals surface area contributed by atoms with Crippen molar-refractivity contribution in [1.29, 1.82) is 0 Å². The van der Waals surface area contributed by atoms with Crippen LogP contribution in [0.5, 0.6) is 0 Å². The summed E-state index contributed by atoms with van der Waals surface area (Å²) in [6, 6.07) is 2.45. The van der Waals surface area contributed by atoms with Gasteiger partial charge >= 0.3 is 0 Å². The Morgan fingerprint density at radius 3 is 2.88 bits per heavy atom. The summed E-state index contributed by atoms with van der Waals surface area (Å²) in [7, 11) is 0. The Labute approximate surface area is 106 Å². The molecule has 0 bridgehead atoms. The summed E-state index contributed by atoms with van der Waals surface area (Å²) in [6.45, 7) is 5.21. The molecule has 0 fully saturated rings. The van der Waals surface area contributed by atoms with Crippen molar-refractivity contribution < 1.29 is 0 Å². The smallest absolute Gasteiger partial charge is 0.0794 e. The molecule has 0 saturated carbocycles. The zero-order valence-corrected chi connectivity index (χ0v) is 11.0. The highest BCUT2D eigenvalue weighted by Crippen LogP contribution is 2.22. The van der Waals surface area contributed by atoms with Crippen molar-refractivity contribution >= 4 is 11.3 Å². The minimum atomic E-state index is 0.350. The molecule has 0 aromatic carbocycles. The first-order chi connectivity index (χ1) is 8.31. The number of pyridine rings is 1. The number of hydrogen-bond acceptors (Lipinski definition) is 4. The van der Waals surface area contributed by atoms with Gasteiger partial charge in [0.25, 0.3) is 0 Å². The van der Waals surface area contributed by atoms with Gasteiger partial charge in [-0.15, -0.1) is 11.3 Å². The molecule has 2 rings (SSSR count). The lowest BCUT2D eigenvalue weighted by Gasteiger charge is -2.19. The first-order valence-corrected chi connectivity index (χ1v) is 6.70. The maximum atomic E-state index is 4.15. The van der Waals surface area contributed by atoms with E-state index in [1.807, 2.05) is 24.1 Å². The highest BCUT2D eigenvalue weighted by molar-refractivity contribution is 7.09. The second kappa shape index (κ2) is 5.89. The SMILES string of the molecule is CCNC(Cc1cncs1)c1ccncc1C. The highest BCUT2D eigenvalue weighted by Gasteiger charge is 2.13. The second-order valence-corrected chi connectivity index (χ2v) is 4.99. The van der Waals surface area contributed by atoms with Gasteiger partial charge in [-0.25, -0.2) is 0 Å². The summed E-state index contributed by atoms with van der Waals surface area (Å²) in [5.41, 5.74) is 4.45.